The van der Waals surface area contributed by atoms with E-state index in [0.717, 1.165) is 31.5 Å². The van der Waals surface area contributed by atoms with Gasteiger partial charge in [-0.2, -0.15) is 0 Å². The lowest BCUT2D eigenvalue weighted by molar-refractivity contribution is 0.0948. The summed E-state index contributed by atoms with van der Waals surface area (Å²) in [6.07, 6.45) is 12.9. The molecule has 122 valence electrons. The molecule has 2 N–H and O–H groups in total. The van der Waals surface area contributed by atoms with Gasteiger partial charge in [-0.05, 0) is 31.4 Å². The number of amides is 1. The van der Waals surface area contributed by atoms with Crippen LogP contribution in [0.4, 0.5) is 5.69 Å². The maximum Gasteiger partial charge on any atom is 0.269 e. The smallest absolute Gasteiger partial charge is 0.269 e. The van der Waals surface area contributed by atoms with Crippen molar-refractivity contribution >= 4 is 11.6 Å². The summed E-state index contributed by atoms with van der Waals surface area (Å²) in [6, 6.07) is 4.34. The van der Waals surface area contributed by atoms with E-state index in [4.69, 9.17) is 0 Å². The van der Waals surface area contributed by atoms with Crippen LogP contribution in [0.25, 0.3) is 0 Å². The Labute approximate surface area is 134 Å². The number of hydrogen-bond donors (Lipinski definition) is 2. The molecule has 1 heterocycles. The van der Waals surface area contributed by atoms with Crippen LogP contribution in [-0.4, -0.2) is 23.5 Å². The molecule has 0 atom stereocenters. The molecule has 1 aliphatic carbocycles. The van der Waals surface area contributed by atoms with Crippen LogP contribution >= 0.6 is 0 Å². The lowest BCUT2D eigenvalue weighted by Crippen LogP contribution is -2.25. The summed E-state index contributed by atoms with van der Waals surface area (Å²) in [5.74, 6) is -0.0721. The lowest BCUT2D eigenvalue weighted by Gasteiger charge is -2.17. The first-order valence-corrected chi connectivity index (χ1v) is 8.80. The molecule has 0 saturated heterocycles. The van der Waals surface area contributed by atoms with Crippen molar-refractivity contribution in [3.05, 3.63) is 24.0 Å². The molecule has 1 amide bonds. The molecule has 0 unspecified atom stereocenters. The Morgan fingerprint density at radius 1 is 1.18 bits per heavy atom. The van der Waals surface area contributed by atoms with E-state index >= 15 is 0 Å². The molecular formula is C18H29N3O. The minimum absolute atomic E-state index is 0.0721. The molecule has 4 nitrogen and oxygen atoms in total. The number of pyridine rings is 1. The standard InChI is InChI=1S/C18H29N3O/c1-2-3-8-13-19-18(22)17-12-11-16(14-20-17)21-15-9-6-4-5-7-10-15/h11-12,14-15,21H,2-10,13H2,1H3,(H,19,22). The third-order valence-electron chi connectivity index (χ3n) is 4.29. The Bertz CT molecular complexity index is 436. The van der Waals surface area contributed by atoms with Crippen molar-refractivity contribution in [3.63, 3.8) is 0 Å². The van der Waals surface area contributed by atoms with Gasteiger partial charge in [0.15, 0.2) is 0 Å². The van der Waals surface area contributed by atoms with Crippen LogP contribution in [0, 0.1) is 0 Å². The van der Waals surface area contributed by atoms with Crippen LogP contribution < -0.4 is 10.6 Å². The van der Waals surface area contributed by atoms with Crippen molar-refractivity contribution in [1.29, 1.82) is 0 Å². The molecule has 2 rings (SSSR count). The van der Waals surface area contributed by atoms with Crippen LogP contribution in [0.15, 0.2) is 18.3 Å². The number of nitrogens with zero attached hydrogens (tertiary/aromatic N) is 1. The third-order valence-corrected chi connectivity index (χ3v) is 4.29. The maximum absolute atomic E-state index is 12.0. The molecule has 4 heteroatoms. The van der Waals surface area contributed by atoms with Crippen molar-refractivity contribution in [3.8, 4) is 0 Å². The van der Waals surface area contributed by atoms with Crippen LogP contribution in [0.5, 0.6) is 0 Å². The highest BCUT2D eigenvalue weighted by atomic mass is 16.1. The number of aromatic nitrogens is 1. The second-order valence-corrected chi connectivity index (χ2v) is 6.23. The van der Waals surface area contributed by atoms with E-state index in [1.807, 2.05) is 12.1 Å². The summed E-state index contributed by atoms with van der Waals surface area (Å²) in [5, 5.41) is 6.47. The molecule has 1 saturated carbocycles. The third kappa shape index (κ3) is 5.66. The summed E-state index contributed by atoms with van der Waals surface area (Å²) < 4.78 is 0. The zero-order chi connectivity index (χ0) is 15.6. The molecule has 0 aromatic carbocycles. The van der Waals surface area contributed by atoms with Crippen molar-refractivity contribution in [2.75, 3.05) is 11.9 Å². The molecule has 0 spiro atoms. The topological polar surface area (TPSA) is 54.0 Å². The predicted molar refractivity (Wildman–Crippen MR) is 91.2 cm³/mol. The molecule has 0 radical (unpaired) electrons. The Hall–Kier alpha value is -1.58. The summed E-state index contributed by atoms with van der Waals surface area (Å²) in [4.78, 5) is 16.3. The second-order valence-electron chi connectivity index (χ2n) is 6.23. The normalized spacial score (nSPS) is 16.0. The van der Waals surface area contributed by atoms with Gasteiger partial charge in [0.2, 0.25) is 0 Å². The Morgan fingerprint density at radius 3 is 2.59 bits per heavy atom. The predicted octanol–water partition coefficient (Wildman–Crippen LogP) is 4.14. The number of unbranched alkanes of at least 4 members (excludes halogenated alkanes) is 2. The van der Waals surface area contributed by atoms with Gasteiger partial charge >= 0.3 is 0 Å². The van der Waals surface area contributed by atoms with Gasteiger partial charge in [-0.25, -0.2) is 4.98 Å². The summed E-state index contributed by atoms with van der Waals surface area (Å²) in [7, 11) is 0. The fourth-order valence-corrected chi connectivity index (χ4v) is 2.94. The largest absolute Gasteiger partial charge is 0.381 e. The van der Waals surface area contributed by atoms with Gasteiger partial charge in [0.25, 0.3) is 5.91 Å². The van der Waals surface area contributed by atoms with Gasteiger partial charge in [-0.15, -0.1) is 0 Å². The highest BCUT2D eigenvalue weighted by molar-refractivity contribution is 5.92. The number of nitrogens with one attached hydrogen (secondary N) is 2. The van der Waals surface area contributed by atoms with Crippen LogP contribution in [0.2, 0.25) is 0 Å². The minimum Gasteiger partial charge on any atom is -0.381 e. The summed E-state index contributed by atoms with van der Waals surface area (Å²) in [6.45, 7) is 2.89. The van der Waals surface area contributed by atoms with Crippen LogP contribution in [0.1, 0.15) is 75.2 Å². The number of carbonyl (C=O) groups excluding carboxylic acids is 1. The number of rotatable bonds is 7. The van der Waals surface area contributed by atoms with E-state index in [1.54, 1.807) is 6.20 Å². The Kier molecular flexibility index (Phi) is 7.20. The van der Waals surface area contributed by atoms with Crippen molar-refractivity contribution in [2.24, 2.45) is 0 Å². The number of hydrogen-bond acceptors (Lipinski definition) is 3. The zero-order valence-corrected chi connectivity index (χ0v) is 13.7. The first kappa shape index (κ1) is 16.8. The van der Waals surface area contributed by atoms with Gasteiger partial charge < -0.3 is 10.6 Å². The molecule has 1 aliphatic rings. The summed E-state index contributed by atoms with van der Waals surface area (Å²) >= 11 is 0. The quantitative estimate of drug-likeness (QED) is 0.588. The van der Waals surface area contributed by atoms with Crippen molar-refractivity contribution < 1.29 is 4.79 Å². The molecule has 1 fully saturated rings. The Morgan fingerprint density at radius 2 is 1.95 bits per heavy atom. The van der Waals surface area contributed by atoms with Crippen molar-refractivity contribution in [1.82, 2.24) is 10.3 Å². The molecule has 0 bridgehead atoms. The van der Waals surface area contributed by atoms with Gasteiger partial charge in [0, 0.05) is 12.6 Å². The SMILES string of the molecule is CCCCCNC(=O)c1ccc(NC2CCCCCC2)cn1. The van der Waals surface area contributed by atoms with E-state index < -0.39 is 0 Å². The van der Waals surface area contributed by atoms with E-state index in [-0.39, 0.29) is 5.91 Å². The first-order chi connectivity index (χ1) is 10.8. The number of carbonyl (C=O) groups is 1. The average Bonchev–Trinajstić information content (AvgIpc) is 2.81. The van der Waals surface area contributed by atoms with Gasteiger partial charge in [-0.3, -0.25) is 4.79 Å². The van der Waals surface area contributed by atoms with E-state index in [1.165, 1.54) is 38.5 Å². The lowest BCUT2D eigenvalue weighted by atomic mass is 10.1. The zero-order valence-electron chi connectivity index (χ0n) is 13.7. The molecule has 1 aromatic heterocycles. The Balaban J connectivity index is 1.80. The first-order valence-electron chi connectivity index (χ1n) is 8.80. The maximum atomic E-state index is 12.0. The van der Waals surface area contributed by atoms with Crippen LogP contribution in [0.3, 0.4) is 0 Å². The fourth-order valence-electron chi connectivity index (χ4n) is 2.94. The molecule has 22 heavy (non-hydrogen) atoms. The summed E-state index contributed by atoms with van der Waals surface area (Å²) in [5.41, 5.74) is 1.53. The highest BCUT2D eigenvalue weighted by Gasteiger charge is 2.12. The molecular weight excluding hydrogens is 274 g/mol. The molecule has 0 aliphatic heterocycles. The van der Waals surface area contributed by atoms with Gasteiger partial charge in [0.05, 0.1) is 11.9 Å². The average molecular weight is 303 g/mol. The van der Waals surface area contributed by atoms with E-state index in [0.29, 0.717) is 11.7 Å². The number of anilines is 1. The second kappa shape index (κ2) is 9.44. The van der Waals surface area contributed by atoms with Gasteiger partial charge in [0.1, 0.15) is 5.69 Å². The van der Waals surface area contributed by atoms with Gasteiger partial charge in [-0.1, -0.05) is 45.4 Å². The fraction of sp³-hybridized carbons (Fsp3) is 0.667. The highest BCUT2D eigenvalue weighted by Crippen LogP contribution is 2.20. The van der Waals surface area contributed by atoms with Crippen LogP contribution in [-0.2, 0) is 0 Å². The van der Waals surface area contributed by atoms with E-state index in [9.17, 15) is 4.79 Å². The molecule has 1 aromatic rings. The van der Waals surface area contributed by atoms with Crippen molar-refractivity contribution in [2.45, 2.75) is 70.8 Å². The minimum atomic E-state index is -0.0721. The van der Waals surface area contributed by atoms with E-state index in [2.05, 4.69) is 22.5 Å². The monoisotopic (exact) mass is 303 g/mol.